The molecule has 8 heteroatoms. The fraction of sp³-hybridized carbons (Fsp3) is 0.429. The molecule has 0 unspecified atom stereocenters. The maximum Gasteiger partial charge on any atom is 0.416 e. The van der Waals surface area contributed by atoms with Crippen LogP contribution in [0.1, 0.15) is 24.5 Å². The summed E-state index contributed by atoms with van der Waals surface area (Å²) in [6.45, 7) is 2.65. The predicted molar refractivity (Wildman–Crippen MR) is 74.1 cm³/mol. The molecular formula is C14H17F3N2O3. The second-order valence-corrected chi connectivity index (χ2v) is 4.82. The van der Waals surface area contributed by atoms with Gasteiger partial charge in [0, 0.05) is 18.3 Å². The van der Waals surface area contributed by atoms with Crippen molar-refractivity contribution < 1.29 is 27.9 Å². The smallest absolute Gasteiger partial charge is 0.396 e. The first-order chi connectivity index (χ1) is 10.2. The molecule has 0 heterocycles. The summed E-state index contributed by atoms with van der Waals surface area (Å²) in [5, 5.41) is 13.2. The van der Waals surface area contributed by atoms with Crippen LogP contribution in [0.5, 0.6) is 0 Å². The summed E-state index contributed by atoms with van der Waals surface area (Å²) in [5.41, 5.74) is -1.12. The quantitative estimate of drug-likeness (QED) is 0.741. The molecule has 0 saturated carbocycles. The standard InChI is InChI=1S/C14H17F3N2O3/c1-8(6-7-20)18-12(21)13(22)19-11-5-3-4-10(9(11)2)14(15,16)17/h3-5,8,20H,6-7H2,1-2H3,(H,18,21)(H,19,22)/t8-/m1/s1. The molecule has 0 aliphatic rings. The van der Waals surface area contributed by atoms with Gasteiger partial charge in [0.1, 0.15) is 0 Å². The van der Waals surface area contributed by atoms with E-state index in [4.69, 9.17) is 5.11 Å². The third kappa shape index (κ3) is 4.73. The van der Waals surface area contributed by atoms with E-state index in [-0.39, 0.29) is 24.3 Å². The Labute approximate surface area is 125 Å². The minimum atomic E-state index is -4.54. The summed E-state index contributed by atoms with van der Waals surface area (Å²) in [6.07, 6.45) is -4.27. The molecule has 2 amide bonds. The molecule has 0 aliphatic heterocycles. The van der Waals surface area contributed by atoms with Gasteiger partial charge in [0.25, 0.3) is 0 Å². The Hall–Kier alpha value is -2.09. The van der Waals surface area contributed by atoms with Gasteiger partial charge in [0.2, 0.25) is 0 Å². The highest BCUT2D eigenvalue weighted by Gasteiger charge is 2.33. The summed E-state index contributed by atoms with van der Waals surface area (Å²) in [7, 11) is 0. The molecule has 5 nitrogen and oxygen atoms in total. The molecule has 1 aromatic rings. The number of amides is 2. The highest BCUT2D eigenvalue weighted by atomic mass is 19.4. The van der Waals surface area contributed by atoms with Crippen molar-refractivity contribution in [1.29, 1.82) is 0 Å². The normalized spacial score (nSPS) is 12.6. The zero-order chi connectivity index (χ0) is 16.9. The van der Waals surface area contributed by atoms with Crippen molar-refractivity contribution in [2.45, 2.75) is 32.5 Å². The van der Waals surface area contributed by atoms with E-state index in [1.165, 1.54) is 13.0 Å². The molecule has 0 spiro atoms. The number of aliphatic hydroxyl groups excluding tert-OH is 1. The molecule has 0 aromatic heterocycles. The molecule has 0 aliphatic carbocycles. The Balaban J connectivity index is 2.83. The minimum Gasteiger partial charge on any atom is -0.396 e. The first-order valence-electron chi connectivity index (χ1n) is 6.56. The molecular weight excluding hydrogens is 301 g/mol. The first kappa shape index (κ1) is 18.0. The zero-order valence-electron chi connectivity index (χ0n) is 12.1. The highest BCUT2D eigenvalue weighted by Crippen LogP contribution is 2.34. The van der Waals surface area contributed by atoms with E-state index in [0.717, 1.165) is 12.1 Å². The van der Waals surface area contributed by atoms with Crippen LogP contribution in [0.4, 0.5) is 18.9 Å². The van der Waals surface area contributed by atoms with Crippen LogP contribution in [-0.4, -0.2) is 29.6 Å². The Kier molecular flexibility index (Phi) is 5.92. The number of anilines is 1. The molecule has 0 fully saturated rings. The molecule has 0 bridgehead atoms. The fourth-order valence-electron chi connectivity index (χ4n) is 1.81. The van der Waals surface area contributed by atoms with E-state index in [0.29, 0.717) is 0 Å². The third-order valence-corrected chi connectivity index (χ3v) is 3.03. The lowest BCUT2D eigenvalue weighted by atomic mass is 10.1. The number of alkyl halides is 3. The van der Waals surface area contributed by atoms with Gasteiger partial charge in [0.15, 0.2) is 0 Å². The minimum absolute atomic E-state index is 0.0789. The molecule has 122 valence electrons. The van der Waals surface area contributed by atoms with Crippen molar-refractivity contribution in [3.63, 3.8) is 0 Å². The van der Waals surface area contributed by atoms with Crippen LogP contribution in [0.25, 0.3) is 0 Å². The van der Waals surface area contributed by atoms with E-state index in [9.17, 15) is 22.8 Å². The topological polar surface area (TPSA) is 78.4 Å². The SMILES string of the molecule is Cc1c(NC(=O)C(=O)N[C@H](C)CCO)cccc1C(F)(F)F. The monoisotopic (exact) mass is 318 g/mol. The van der Waals surface area contributed by atoms with Crippen molar-refractivity contribution in [3.05, 3.63) is 29.3 Å². The van der Waals surface area contributed by atoms with Gasteiger partial charge in [-0.2, -0.15) is 13.2 Å². The van der Waals surface area contributed by atoms with Gasteiger partial charge < -0.3 is 15.7 Å². The van der Waals surface area contributed by atoms with Crippen LogP contribution in [0.15, 0.2) is 18.2 Å². The third-order valence-electron chi connectivity index (χ3n) is 3.03. The molecule has 3 N–H and O–H groups in total. The van der Waals surface area contributed by atoms with Crippen LogP contribution in [0.2, 0.25) is 0 Å². The van der Waals surface area contributed by atoms with Crippen LogP contribution in [-0.2, 0) is 15.8 Å². The Morgan fingerprint density at radius 3 is 2.45 bits per heavy atom. The van der Waals surface area contributed by atoms with Crippen LogP contribution in [0, 0.1) is 6.92 Å². The second-order valence-electron chi connectivity index (χ2n) is 4.82. The maximum absolute atomic E-state index is 12.8. The van der Waals surface area contributed by atoms with E-state index in [1.54, 1.807) is 6.92 Å². The Bertz CT molecular complexity index is 559. The van der Waals surface area contributed by atoms with Gasteiger partial charge in [-0.05, 0) is 38.0 Å². The summed E-state index contributed by atoms with van der Waals surface area (Å²) >= 11 is 0. The summed E-state index contributed by atoms with van der Waals surface area (Å²) < 4.78 is 38.3. The number of hydrogen-bond donors (Lipinski definition) is 3. The summed E-state index contributed by atoms with van der Waals surface area (Å²) in [4.78, 5) is 23.3. The van der Waals surface area contributed by atoms with E-state index in [2.05, 4.69) is 10.6 Å². The average molecular weight is 318 g/mol. The van der Waals surface area contributed by atoms with Gasteiger partial charge in [-0.3, -0.25) is 9.59 Å². The number of hydrogen-bond acceptors (Lipinski definition) is 3. The summed E-state index contributed by atoms with van der Waals surface area (Å²) in [6, 6.07) is 2.91. The first-order valence-corrected chi connectivity index (χ1v) is 6.56. The largest absolute Gasteiger partial charge is 0.416 e. The van der Waals surface area contributed by atoms with Gasteiger partial charge in [-0.25, -0.2) is 0 Å². The molecule has 22 heavy (non-hydrogen) atoms. The number of nitrogens with one attached hydrogen (secondary N) is 2. The van der Waals surface area contributed by atoms with E-state index in [1.807, 2.05) is 0 Å². The average Bonchev–Trinajstić information content (AvgIpc) is 2.39. The number of benzene rings is 1. The Morgan fingerprint density at radius 2 is 1.91 bits per heavy atom. The van der Waals surface area contributed by atoms with Crippen molar-refractivity contribution in [3.8, 4) is 0 Å². The van der Waals surface area contributed by atoms with Gasteiger partial charge in [-0.1, -0.05) is 6.07 Å². The lowest BCUT2D eigenvalue weighted by molar-refractivity contribution is -0.138. The van der Waals surface area contributed by atoms with Crippen molar-refractivity contribution >= 4 is 17.5 Å². The fourth-order valence-corrected chi connectivity index (χ4v) is 1.81. The van der Waals surface area contributed by atoms with E-state index >= 15 is 0 Å². The lowest BCUT2D eigenvalue weighted by Gasteiger charge is -2.15. The molecule has 0 radical (unpaired) electrons. The van der Waals surface area contributed by atoms with Crippen LogP contribution >= 0.6 is 0 Å². The Morgan fingerprint density at radius 1 is 1.27 bits per heavy atom. The summed E-state index contributed by atoms with van der Waals surface area (Å²) in [5.74, 6) is -2.04. The number of rotatable bonds is 4. The molecule has 1 rings (SSSR count). The van der Waals surface area contributed by atoms with Crippen LogP contribution < -0.4 is 10.6 Å². The number of aliphatic hydroxyl groups is 1. The molecule has 1 aromatic carbocycles. The van der Waals surface area contributed by atoms with Gasteiger partial charge >= 0.3 is 18.0 Å². The highest BCUT2D eigenvalue weighted by molar-refractivity contribution is 6.39. The number of carbonyl (C=O) groups is 2. The maximum atomic E-state index is 12.8. The van der Waals surface area contributed by atoms with Crippen molar-refractivity contribution in [2.24, 2.45) is 0 Å². The van der Waals surface area contributed by atoms with Crippen LogP contribution in [0.3, 0.4) is 0 Å². The second kappa shape index (κ2) is 7.26. The number of carbonyl (C=O) groups excluding carboxylic acids is 2. The predicted octanol–water partition coefficient (Wildman–Crippen LogP) is 1.84. The van der Waals surface area contributed by atoms with Gasteiger partial charge in [-0.15, -0.1) is 0 Å². The van der Waals surface area contributed by atoms with Crippen molar-refractivity contribution in [1.82, 2.24) is 5.32 Å². The lowest BCUT2D eigenvalue weighted by Crippen LogP contribution is -2.41. The molecule has 1 atom stereocenters. The van der Waals surface area contributed by atoms with Crippen molar-refractivity contribution in [2.75, 3.05) is 11.9 Å². The zero-order valence-corrected chi connectivity index (χ0v) is 12.1. The number of halogens is 3. The van der Waals surface area contributed by atoms with Gasteiger partial charge in [0.05, 0.1) is 5.56 Å². The molecule has 0 saturated heterocycles. The van der Waals surface area contributed by atoms with E-state index < -0.39 is 29.6 Å².